The van der Waals surface area contributed by atoms with E-state index in [1.807, 2.05) is 0 Å². The van der Waals surface area contributed by atoms with Gasteiger partial charge in [-0.25, -0.2) is 8.42 Å². The third-order valence-corrected chi connectivity index (χ3v) is 7.02. The number of benzene rings is 1. The van der Waals surface area contributed by atoms with Gasteiger partial charge in [0.05, 0.1) is 12.4 Å². The van der Waals surface area contributed by atoms with Crippen LogP contribution in [0.5, 0.6) is 5.75 Å². The van der Waals surface area contributed by atoms with Crippen LogP contribution < -0.4 is 10.5 Å². The average Bonchev–Trinajstić information content (AvgIpc) is 2.54. The zero-order valence-electron chi connectivity index (χ0n) is 12.8. The van der Waals surface area contributed by atoms with Crippen LogP contribution in [0.1, 0.15) is 32.6 Å². The van der Waals surface area contributed by atoms with Crippen molar-refractivity contribution in [3.63, 3.8) is 0 Å². The second-order valence-electron chi connectivity index (χ2n) is 5.82. The molecule has 1 fully saturated rings. The van der Waals surface area contributed by atoms with Gasteiger partial charge in [0.1, 0.15) is 10.6 Å². The van der Waals surface area contributed by atoms with Gasteiger partial charge in [0.15, 0.2) is 9.84 Å². The van der Waals surface area contributed by atoms with Gasteiger partial charge in [-0.3, -0.25) is 0 Å². The maximum absolute atomic E-state index is 13.1. The van der Waals surface area contributed by atoms with E-state index in [0.29, 0.717) is 29.5 Å². The molecule has 1 aliphatic carbocycles. The van der Waals surface area contributed by atoms with Crippen LogP contribution >= 0.6 is 0 Å². The molecule has 5 heteroatoms. The van der Waals surface area contributed by atoms with Crippen molar-refractivity contribution in [1.82, 2.24) is 0 Å². The first-order valence-corrected chi connectivity index (χ1v) is 9.16. The summed E-state index contributed by atoms with van der Waals surface area (Å²) in [6.45, 7) is 2.55. The minimum atomic E-state index is -3.41. The summed E-state index contributed by atoms with van der Waals surface area (Å²) in [5, 5.41) is -0.391. The minimum absolute atomic E-state index is 0.0442. The first-order valence-electron chi connectivity index (χ1n) is 7.61. The van der Waals surface area contributed by atoms with E-state index in [2.05, 4.69) is 6.92 Å². The van der Waals surface area contributed by atoms with Crippen molar-refractivity contribution >= 4 is 9.84 Å². The van der Waals surface area contributed by atoms with Gasteiger partial charge in [-0.15, -0.1) is 0 Å². The second-order valence-corrected chi connectivity index (χ2v) is 7.95. The Balaban J connectivity index is 2.40. The summed E-state index contributed by atoms with van der Waals surface area (Å²) < 4.78 is 31.4. The molecule has 1 saturated carbocycles. The van der Waals surface area contributed by atoms with Crippen molar-refractivity contribution in [2.45, 2.75) is 42.8 Å². The lowest BCUT2D eigenvalue weighted by Gasteiger charge is -2.35. The van der Waals surface area contributed by atoms with E-state index in [0.717, 1.165) is 19.3 Å². The summed E-state index contributed by atoms with van der Waals surface area (Å²) in [4.78, 5) is 0.299. The molecule has 21 heavy (non-hydrogen) atoms. The molecule has 0 saturated heterocycles. The summed E-state index contributed by atoms with van der Waals surface area (Å²) >= 11 is 0. The molecule has 0 aromatic heterocycles. The van der Waals surface area contributed by atoms with E-state index in [1.165, 1.54) is 7.11 Å². The molecule has 0 spiro atoms. The monoisotopic (exact) mass is 311 g/mol. The van der Waals surface area contributed by atoms with Crippen LogP contribution in [0.25, 0.3) is 0 Å². The van der Waals surface area contributed by atoms with E-state index < -0.39 is 15.1 Å². The van der Waals surface area contributed by atoms with Crippen molar-refractivity contribution in [2.24, 2.45) is 17.6 Å². The normalized spacial score (nSPS) is 26.5. The molecule has 0 heterocycles. The highest BCUT2D eigenvalue weighted by Gasteiger charge is 2.39. The second kappa shape index (κ2) is 6.79. The fraction of sp³-hybridized carbons (Fsp3) is 0.625. The summed E-state index contributed by atoms with van der Waals surface area (Å²) in [6, 6.07) is 6.86. The van der Waals surface area contributed by atoms with Crippen LogP contribution in [0.2, 0.25) is 0 Å². The Kier molecular flexibility index (Phi) is 5.27. The molecular weight excluding hydrogens is 286 g/mol. The zero-order valence-corrected chi connectivity index (χ0v) is 13.6. The van der Waals surface area contributed by atoms with E-state index in [9.17, 15) is 8.42 Å². The number of nitrogens with two attached hydrogens (primary N) is 1. The first kappa shape index (κ1) is 16.3. The van der Waals surface area contributed by atoms with Crippen molar-refractivity contribution in [3.8, 4) is 5.75 Å². The molecule has 0 aliphatic heterocycles. The van der Waals surface area contributed by atoms with Gasteiger partial charge < -0.3 is 10.5 Å². The molecule has 118 valence electrons. The highest BCUT2D eigenvalue weighted by molar-refractivity contribution is 7.92. The van der Waals surface area contributed by atoms with Crippen molar-refractivity contribution in [1.29, 1.82) is 0 Å². The van der Waals surface area contributed by atoms with Crippen LogP contribution in [0, 0.1) is 11.8 Å². The third kappa shape index (κ3) is 3.24. The lowest BCUT2D eigenvalue weighted by atomic mass is 9.80. The van der Waals surface area contributed by atoms with Crippen molar-refractivity contribution in [3.05, 3.63) is 24.3 Å². The van der Waals surface area contributed by atoms with Gasteiger partial charge in [-0.1, -0.05) is 31.9 Å². The van der Waals surface area contributed by atoms with Crippen LogP contribution in [-0.4, -0.2) is 27.3 Å². The fourth-order valence-corrected chi connectivity index (χ4v) is 5.62. The predicted octanol–water partition coefficient (Wildman–Crippen LogP) is 2.62. The Bertz CT molecular complexity index is 571. The highest BCUT2D eigenvalue weighted by Crippen LogP contribution is 2.39. The van der Waals surface area contributed by atoms with Gasteiger partial charge in [0.25, 0.3) is 0 Å². The van der Waals surface area contributed by atoms with Gasteiger partial charge in [-0.05, 0) is 43.4 Å². The Labute approximate surface area is 127 Å². The van der Waals surface area contributed by atoms with Crippen LogP contribution in [0.3, 0.4) is 0 Å². The fourth-order valence-electron chi connectivity index (χ4n) is 3.31. The molecule has 1 aromatic rings. The number of hydrogen-bond donors (Lipinski definition) is 1. The lowest BCUT2D eigenvalue weighted by Crippen LogP contribution is -2.39. The number of rotatable bonds is 5. The molecule has 1 aliphatic rings. The number of ether oxygens (including phenoxy) is 1. The molecule has 0 bridgehead atoms. The summed E-state index contributed by atoms with van der Waals surface area (Å²) in [7, 11) is -1.91. The maximum Gasteiger partial charge on any atom is 0.185 e. The van der Waals surface area contributed by atoms with E-state index in [1.54, 1.807) is 24.3 Å². The molecule has 1 aromatic carbocycles. The molecule has 0 amide bonds. The lowest BCUT2D eigenvalue weighted by molar-refractivity contribution is 0.275. The van der Waals surface area contributed by atoms with Crippen LogP contribution in [0.15, 0.2) is 29.2 Å². The van der Waals surface area contributed by atoms with Gasteiger partial charge >= 0.3 is 0 Å². The number of para-hydroxylation sites is 1. The molecule has 3 unspecified atom stereocenters. The van der Waals surface area contributed by atoms with Gasteiger partial charge in [0, 0.05) is 0 Å². The SMILES string of the molecule is CCC1CCC(CN)C(S(=O)(=O)c2ccccc2OC)C1. The molecular formula is C16H25NO3S. The Morgan fingerprint density at radius 1 is 1.29 bits per heavy atom. The van der Waals surface area contributed by atoms with Gasteiger partial charge in [-0.2, -0.15) is 0 Å². The van der Waals surface area contributed by atoms with E-state index >= 15 is 0 Å². The molecule has 0 radical (unpaired) electrons. The molecule has 3 atom stereocenters. The largest absolute Gasteiger partial charge is 0.495 e. The van der Waals surface area contributed by atoms with Crippen molar-refractivity contribution < 1.29 is 13.2 Å². The standard InChI is InChI=1S/C16H25NO3S/c1-3-12-8-9-13(11-17)16(10-12)21(18,19)15-7-5-4-6-14(15)20-2/h4-7,12-13,16H,3,8-11,17H2,1-2H3. The third-order valence-electron chi connectivity index (χ3n) is 4.69. The van der Waals surface area contributed by atoms with Crippen LogP contribution in [0.4, 0.5) is 0 Å². The topological polar surface area (TPSA) is 69.4 Å². The van der Waals surface area contributed by atoms with E-state index in [4.69, 9.17) is 10.5 Å². The number of sulfone groups is 1. The predicted molar refractivity (Wildman–Crippen MR) is 84.1 cm³/mol. The Morgan fingerprint density at radius 3 is 2.62 bits per heavy atom. The Morgan fingerprint density at radius 2 is 2.00 bits per heavy atom. The smallest absolute Gasteiger partial charge is 0.185 e. The molecule has 2 rings (SSSR count). The Hall–Kier alpha value is -1.07. The minimum Gasteiger partial charge on any atom is -0.495 e. The average molecular weight is 311 g/mol. The summed E-state index contributed by atoms with van der Waals surface area (Å²) in [5.41, 5.74) is 5.83. The molecule has 4 nitrogen and oxygen atoms in total. The maximum atomic E-state index is 13.1. The summed E-state index contributed by atoms with van der Waals surface area (Å²) in [6.07, 6.45) is 3.71. The van der Waals surface area contributed by atoms with Crippen molar-refractivity contribution in [2.75, 3.05) is 13.7 Å². The summed E-state index contributed by atoms with van der Waals surface area (Å²) in [5.74, 6) is 0.942. The highest BCUT2D eigenvalue weighted by atomic mass is 32.2. The van der Waals surface area contributed by atoms with Crippen LogP contribution in [-0.2, 0) is 9.84 Å². The van der Waals surface area contributed by atoms with Gasteiger partial charge in [0.2, 0.25) is 0 Å². The number of hydrogen-bond acceptors (Lipinski definition) is 4. The quantitative estimate of drug-likeness (QED) is 0.907. The molecule has 2 N–H and O–H groups in total. The van der Waals surface area contributed by atoms with E-state index in [-0.39, 0.29) is 5.92 Å². The number of methoxy groups -OCH3 is 1. The zero-order chi connectivity index (χ0) is 15.5. The first-order chi connectivity index (χ1) is 10.0.